The Balaban J connectivity index is 1.55. The minimum Gasteiger partial charge on any atom is -0.302 e. The van der Waals surface area contributed by atoms with Crippen LogP contribution >= 0.6 is 11.3 Å². The highest BCUT2D eigenvalue weighted by molar-refractivity contribution is 7.15. The molecule has 3 heterocycles. The summed E-state index contributed by atoms with van der Waals surface area (Å²) in [5.74, 6) is 0.796. The van der Waals surface area contributed by atoms with Gasteiger partial charge in [0.25, 0.3) is 0 Å². The minimum absolute atomic E-state index is 0.105. The van der Waals surface area contributed by atoms with E-state index in [-0.39, 0.29) is 11.7 Å². The molecule has 1 aliphatic rings. The van der Waals surface area contributed by atoms with Crippen molar-refractivity contribution < 1.29 is 9.18 Å². The molecule has 1 amide bonds. The maximum absolute atomic E-state index is 13.6. The second-order valence-electron chi connectivity index (χ2n) is 6.53. The van der Waals surface area contributed by atoms with Gasteiger partial charge in [0.1, 0.15) is 5.82 Å². The van der Waals surface area contributed by atoms with Crippen molar-refractivity contribution in [3.8, 4) is 0 Å². The summed E-state index contributed by atoms with van der Waals surface area (Å²) in [6, 6.07) is 0. The number of hydrogen-bond donors (Lipinski definition) is 1. The van der Waals surface area contributed by atoms with Crippen molar-refractivity contribution in [1.82, 2.24) is 19.9 Å². The van der Waals surface area contributed by atoms with Crippen LogP contribution in [0.15, 0.2) is 6.20 Å². The van der Waals surface area contributed by atoms with Gasteiger partial charge in [-0.2, -0.15) is 0 Å². The Labute approximate surface area is 150 Å². The standard InChI is InChI=1S/C17H22FN5OS/c1-10-16(18)11(2)21-15(20-10)6-13-4-5-23(8-13)9-14-7-19-17(25-14)22-12(3)24/h7,13H,4-6,8-9H2,1-3H3,(H,19,22,24)/t13-/m1/s1. The third-order valence-corrected chi connectivity index (χ3v) is 5.18. The third kappa shape index (κ3) is 4.58. The molecule has 0 saturated carbocycles. The van der Waals surface area contributed by atoms with Crippen molar-refractivity contribution in [3.05, 3.63) is 34.1 Å². The highest BCUT2D eigenvalue weighted by atomic mass is 32.1. The zero-order valence-electron chi connectivity index (χ0n) is 14.7. The quantitative estimate of drug-likeness (QED) is 0.884. The van der Waals surface area contributed by atoms with E-state index in [0.29, 0.717) is 22.4 Å². The molecular formula is C17H22FN5OS. The Hall–Kier alpha value is -1.93. The highest BCUT2D eigenvalue weighted by Gasteiger charge is 2.24. The number of nitrogens with zero attached hydrogens (tertiary/aromatic N) is 4. The van der Waals surface area contributed by atoms with Gasteiger partial charge in [0.05, 0.1) is 11.4 Å². The van der Waals surface area contributed by atoms with E-state index in [0.717, 1.165) is 43.2 Å². The van der Waals surface area contributed by atoms with Gasteiger partial charge in [0.15, 0.2) is 10.9 Å². The van der Waals surface area contributed by atoms with Crippen molar-refractivity contribution in [2.45, 2.75) is 40.2 Å². The van der Waals surface area contributed by atoms with Crippen LogP contribution in [0.5, 0.6) is 0 Å². The number of hydrogen-bond acceptors (Lipinski definition) is 6. The fourth-order valence-corrected chi connectivity index (χ4v) is 4.06. The molecule has 2 aromatic rings. The summed E-state index contributed by atoms with van der Waals surface area (Å²) in [6.07, 6.45) is 3.67. The second kappa shape index (κ2) is 7.53. The third-order valence-electron chi connectivity index (χ3n) is 4.29. The van der Waals surface area contributed by atoms with Crippen LogP contribution in [0.25, 0.3) is 0 Å². The Kier molecular flexibility index (Phi) is 5.39. The summed E-state index contributed by atoms with van der Waals surface area (Å²) in [7, 11) is 0. The van der Waals surface area contributed by atoms with E-state index in [1.165, 1.54) is 18.3 Å². The Bertz CT molecular complexity index is 755. The molecule has 0 aliphatic carbocycles. The molecule has 8 heteroatoms. The maximum Gasteiger partial charge on any atom is 0.223 e. The van der Waals surface area contributed by atoms with E-state index in [1.807, 2.05) is 6.20 Å². The molecule has 2 aromatic heterocycles. The fraction of sp³-hybridized carbons (Fsp3) is 0.529. The molecule has 3 rings (SSSR count). The van der Waals surface area contributed by atoms with E-state index in [4.69, 9.17) is 0 Å². The first-order valence-electron chi connectivity index (χ1n) is 8.35. The second-order valence-corrected chi connectivity index (χ2v) is 7.65. The molecule has 0 unspecified atom stereocenters. The van der Waals surface area contributed by atoms with Gasteiger partial charge >= 0.3 is 0 Å². The summed E-state index contributed by atoms with van der Waals surface area (Å²) >= 11 is 1.51. The molecule has 0 radical (unpaired) electrons. The molecule has 1 saturated heterocycles. The van der Waals surface area contributed by atoms with Gasteiger partial charge in [0.2, 0.25) is 5.91 Å². The van der Waals surface area contributed by atoms with Crippen LogP contribution in [0.3, 0.4) is 0 Å². The van der Waals surface area contributed by atoms with E-state index < -0.39 is 0 Å². The van der Waals surface area contributed by atoms with Crippen molar-refractivity contribution in [2.75, 3.05) is 18.4 Å². The highest BCUT2D eigenvalue weighted by Crippen LogP contribution is 2.25. The number of aromatic nitrogens is 3. The number of halogens is 1. The smallest absolute Gasteiger partial charge is 0.223 e. The van der Waals surface area contributed by atoms with Gasteiger partial charge < -0.3 is 5.32 Å². The van der Waals surface area contributed by atoms with Crippen LogP contribution in [-0.2, 0) is 17.8 Å². The number of thiazole rings is 1. The maximum atomic E-state index is 13.6. The first-order valence-corrected chi connectivity index (χ1v) is 9.16. The van der Waals surface area contributed by atoms with Crippen LogP contribution in [0.1, 0.15) is 35.4 Å². The van der Waals surface area contributed by atoms with Crippen LogP contribution in [-0.4, -0.2) is 38.8 Å². The molecule has 134 valence electrons. The predicted octanol–water partition coefficient (Wildman–Crippen LogP) is 2.71. The molecule has 1 atom stereocenters. The Morgan fingerprint density at radius 1 is 1.40 bits per heavy atom. The molecule has 1 aliphatic heterocycles. The zero-order chi connectivity index (χ0) is 18.0. The number of rotatable bonds is 5. The average molecular weight is 363 g/mol. The summed E-state index contributed by atoms with van der Waals surface area (Å²) in [4.78, 5) is 27.4. The number of anilines is 1. The van der Waals surface area contributed by atoms with Crippen LogP contribution in [0.2, 0.25) is 0 Å². The van der Waals surface area contributed by atoms with Crippen molar-refractivity contribution in [2.24, 2.45) is 5.92 Å². The van der Waals surface area contributed by atoms with E-state index in [2.05, 4.69) is 25.2 Å². The first kappa shape index (κ1) is 17.9. The molecule has 25 heavy (non-hydrogen) atoms. The number of carbonyl (C=O) groups is 1. The molecule has 1 N–H and O–H groups in total. The Morgan fingerprint density at radius 2 is 2.12 bits per heavy atom. The lowest BCUT2D eigenvalue weighted by molar-refractivity contribution is -0.114. The summed E-state index contributed by atoms with van der Waals surface area (Å²) in [5.41, 5.74) is 0.847. The van der Waals surface area contributed by atoms with Crippen molar-refractivity contribution in [1.29, 1.82) is 0 Å². The van der Waals surface area contributed by atoms with Gasteiger partial charge in [0, 0.05) is 37.5 Å². The lowest BCUT2D eigenvalue weighted by Crippen LogP contribution is -2.20. The SMILES string of the molecule is CC(=O)Nc1ncc(CN2CC[C@H](Cc3nc(C)c(F)c(C)n3)C2)s1. The van der Waals surface area contributed by atoms with Crippen molar-refractivity contribution in [3.63, 3.8) is 0 Å². The van der Waals surface area contributed by atoms with Gasteiger partial charge in [-0.15, -0.1) is 11.3 Å². The van der Waals surface area contributed by atoms with Crippen LogP contribution < -0.4 is 5.32 Å². The summed E-state index contributed by atoms with van der Waals surface area (Å²) < 4.78 is 13.6. The van der Waals surface area contributed by atoms with E-state index in [9.17, 15) is 9.18 Å². The minimum atomic E-state index is -0.308. The van der Waals surface area contributed by atoms with Gasteiger partial charge in [-0.1, -0.05) is 0 Å². The van der Waals surface area contributed by atoms with Gasteiger partial charge in [-0.05, 0) is 32.7 Å². The lowest BCUT2D eigenvalue weighted by atomic mass is 10.0. The Morgan fingerprint density at radius 3 is 2.80 bits per heavy atom. The topological polar surface area (TPSA) is 71.0 Å². The number of amides is 1. The monoisotopic (exact) mass is 363 g/mol. The number of nitrogens with one attached hydrogen (secondary N) is 1. The summed E-state index contributed by atoms with van der Waals surface area (Å²) in [6.45, 7) is 7.66. The molecule has 0 aromatic carbocycles. The molecular weight excluding hydrogens is 341 g/mol. The summed E-state index contributed by atoms with van der Waals surface area (Å²) in [5, 5.41) is 3.35. The molecule has 0 bridgehead atoms. The number of aryl methyl sites for hydroxylation is 2. The fourth-order valence-electron chi connectivity index (χ4n) is 3.15. The molecule has 6 nitrogen and oxygen atoms in total. The van der Waals surface area contributed by atoms with Crippen molar-refractivity contribution >= 4 is 22.4 Å². The average Bonchev–Trinajstić information content (AvgIpc) is 3.14. The van der Waals surface area contributed by atoms with Crippen LogP contribution in [0, 0.1) is 25.6 Å². The predicted molar refractivity (Wildman–Crippen MR) is 95.0 cm³/mol. The molecule has 0 spiro atoms. The lowest BCUT2D eigenvalue weighted by Gasteiger charge is -2.14. The molecule has 1 fully saturated rings. The first-order chi connectivity index (χ1) is 11.9. The van der Waals surface area contributed by atoms with E-state index in [1.54, 1.807) is 13.8 Å². The largest absolute Gasteiger partial charge is 0.302 e. The van der Waals surface area contributed by atoms with Gasteiger partial charge in [-0.25, -0.2) is 19.3 Å². The zero-order valence-corrected chi connectivity index (χ0v) is 15.5. The van der Waals surface area contributed by atoms with Gasteiger partial charge in [-0.3, -0.25) is 9.69 Å². The number of likely N-dealkylation sites (tertiary alicyclic amines) is 1. The number of carbonyl (C=O) groups excluding carboxylic acids is 1. The normalized spacial score (nSPS) is 17.8. The van der Waals surface area contributed by atoms with Crippen LogP contribution in [0.4, 0.5) is 9.52 Å². The van der Waals surface area contributed by atoms with E-state index >= 15 is 0 Å².